The zero-order chi connectivity index (χ0) is 17.5. The molecule has 1 heterocycles. The number of amides is 1. The molecule has 0 atom stereocenters. The van der Waals surface area contributed by atoms with Gasteiger partial charge in [0.2, 0.25) is 5.91 Å². The molecule has 1 saturated heterocycles. The third kappa shape index (κ3) is 5.46. The third-order valence-electron chi connectivity index (χ3n) is 5.65. The molecule has 25 heavy (non-hydrogen) atoms. The van der Waals surface area contributed by atoms with Crippen molar-refractivity contribution in [2.75, 3.05) is 26.8 Å². The van der Waals surface area contributed by atoms with Crippen LogP contribution in [0.15, 0.2) is 24.3 Å². The number of carbonyl (C=O) groups excluding carboxylic acids is 1. The van der Waals surface area contributed by atoms with Crippen LogP contribution >= 0.6 is 0 Å². The number of hydrogen-bond donors (Lipinski definition) is 0. The van der Waals surface area contributed by atoms with Gasteiger partial charge >= 0.3 is 0 Å². The molecule has 0 spiro atoms. The highest BCUT2D eigenvalue weighted by Gasteiger charge is 2.24. The molecule has 4 nitrogen and oxygen atoms in total. The molecular formula is C21H31NO3. The SMILES string of the molecule is COc1ccc(CC2CCN(C(=O)COC3CCCCC3)CC2)cc1. The van der Waals surface area contributed by atoms with Crippen LogP contribution in [0.4, 0.5) is 0 Å². The number of methoxy groups -OCH3 is 1. The molecule has 138 valence electrons. The van der Waals surface area contributed by atoms with E-state index < -0.39 is 0 Å². The van der Waals surface area contributed by atoms with Crippen LogP contribution in [0.3, 0.4) is 0 Å². The summed E-state index contributed by atoms with van der Waals surface area (Å²) in [4.78, 5) is 14.4. The lowest BCUT2D eigenvalue weighted by Crippen LogP contribution is -2.41. The van der Waals surface area contributed by atoms with Gasteiger partial charge in [-0.3, -0.25) is 4.79 Å². The van der Waals surface area contributed by atoms with E-state index in [9.17, 15) is 4.79 Å². The van der Waals surface area contributed by atoms with E-state index in [1.165, 1.54) is 24.8 Å². The number of rotatable bonds is 6. The Kier molecular flexibility index (Phi) is 6.74. The molecule has 2 aliphatic rings. The molecule has 4 heteroatoms. The molecule has 2 fully saturated rings. The summed E-state index contributed by atoms with van der Waals surface area (Å²) in [6, 6.07) is 8.34. The molecule has 0 radical (unpaired) electrons. The summed E-state index contributed by atoms with van der Waals surface area (Å²) in [6.45, 7) is 2.01. The lowest BCUT2D eigenvalue weighted by Gasteiger charge is -2.32. The fraction of sp³-hybridized carbons (Fsp3) is 0.667. The molecule has 1 aliphatic carbocycles. The minimum Gasteiger partial charge on any atom is -0.497 e. The monoisotopic (exact) mass is 345 g/mol. The lowest BCUT2D eigenvalue weighted by molar-refractivity contribution is -0.140. The maximum atomic E-state index is 12.4. The van der Waals surface area contributed by atoms with Gasteiger partial charge in [0.05, 0.1) is 13.2 Å². The summed E-state index contributed by atoms with van der Waals surface area (Å²) in [5.41, 5.74) is 1.35. The van der Waals surface area contributed by atoms with E-state index in [1.54, 1.807) is 7.11 Å². The molecule has 3 rings (SSSR count). The zero-order valence-electron chi connectivity index (χ0n) is 15.4. The first kappa shape index (κ1) is 18.2. The van der Waals surface area contributed by atoms with Gasteiger partial charge in [-0.05, 0) is 55.7 Å². The van der Waals surface area contributed by atoms with Crippen molar-refractivity contribution in [3.63, 3.8) is 0 Å². The molecular weight excluding hydrogens is 314 g/mol. The van der Waals surface area contributed by atoms with Crippen molar-refractivity contribution in [3.05, 3.63) is 29.8 Å². The Hall–Kier alpha value is -1.55. The highest BCUT2D eigenvalue weighted by molar-refractivity contribution is 5.77. The summed E-state index contributed by atoms with van der Waals surface area (Å²) < 4.78 is 11.0. The number of benzene rings is 1. The zero-order valence-corrected chi connectivity index (χ0v) is 15.4. The number of piperidine rings is 1. The van der Waals surface area contributed by atoms with Gasteiger partial charge in [-0.25, -0.2) is 0 Å². The van der Waals surface area contributed by atoms with Gasteiger partial charge in [0, 0.05) is 13.1 Å². The van der Waals surface area contributed by atoms with E-state index >= 15 is 0 Å². The van der Waals surface area contributed by atoms with Gasteiger partial charge < -0.3 is 14.4 Å². The molecule has 1 aromatic rings. The van der Waals surface area contributed by atoms with Crippen LogP contribution in [-0.4, -0.2) is 43.7 Å². The largest absolute Gasteiger partial charge is 0.497 e. The van der Waals surface area contributed by atoms with E-state index in [-0.39, 0.29) is 12.5 Å². The van der Waals surface area contributed by atoms with E-state index in [0.29, 0.717) is 12.0 Å². The van der Waals surface area contributed by atoms with Gasteiger partial charge in [-0.15, -0.1) is 0 Å². The minimum atomic E-state index is 0.175. The quantitative estimate of drug-likeness (QED) is 0.787. The minimum absolute atomic E-state index is 0.175. The first-order valence-corrected chi connectivity index (χ1v) is 9.77. The molecule has 1 aliphatic heterocycles. The van der Waals surface area contributed by atoms with Crippen molar-refractivity contribution in [3.8, 4) is 5.75 Å². The van der Waals surface area contributed by atoms with Crippen LogP contribution in [-0.2, 0) is 16.0 Å². The topological polar surface area (TPSA) is 38.8 Å². The third-order valence-corrected chi connectivity index (χ3v) is 5.65. The highest BCUT2D eigenvalue weighted by Crippen LogP contribution is 2.24. The van der Waals surface area contributed by atoms with Crippen molar-refractivity contribution in [1.82, 2.24) is 4.90 Å². The predicted octanol–water partition coefficient (Wildman–Crippen LogP) is 3.83. The number of carbonyl (C=O) groups is 1. The fourth-order valence-corrected chi connectivity index (χ4v) is 3.99. The summed E-state index contributed by atoms with van der Waals surface area (Å²) in [5, 5.41) is 0. The summed E-state index contributed by atoms with van der Waals surface area (Å²) >= 11 is 0. The van der Waals surface area contributed by atoms with E-state index in [4.69, 9.17) is 9.47 Å². The second-order valence-corrected chi connectivity index (χ2v) is 7.45. The molecule has 0 unspecified atom stereocenters. The first-order valence-electron chi connectivity index (χ1n) is 9.77. The molecule has 1 aromatic carbocycles. The van der Waals surface area contributed by atoms with Gasteiger partial charge in [0.25, 0.3) is 0 Å². The number of hydrogen-bond acceptors (Lipinski definition) is 3. The van der Waals surface area contributed by atoms with Crippen molar-refractivity contribution >= 4 is 5.91 Å². The Labute approximate surface area is 151 Å². The van der Waals surface area contributed by atoms with Gasteiger partial charge in [-0.2, -0.15) is 0 Å². The van der Waals surface area contributed by atoms with Crippen LogP contribution in [0.2, 0.25) is 0 Å². The Morgan fingerprint density at radius 1 is 1.04 bits per heavy atom. The molecule has 0 bridgehead atoms. The average Bonchev–Trinajstić information content (AvgIpc) is 2.68. The van der Waals surface area contributed by atoms with Crippen LogP contribution in [0.5, 0.6) is 5.75 Å². The Morgan fingerprint density at radius 3 is 2.36 bits per heavy atom. The Balaban J connectivity index is 1.37. The predicted molar refractivity (Wildman–Crippen MR) is 98.8 cm³/mol. The normalized spacial score (nSPS) is 19.8. The lowest BCUT2D eigenvalue weighted by atomic mass is 9.90. The summed E-state index contributed by atoms with van der Waals surface area (Å²) in [5.74, 6) is 1.74. The number of ether oxygens (including phenoxy) is 2. The molecule has 1 amide bonds. The van der Waals surface area contributed by atoms with Crippen LogP contribution in [0.25, 0.3) is 0 Å². The van der Waals surface area contributed by atoms with Crippen molar-refractivity contribution in [1.29, 1.82) is 0 Å². The fourth-order valence-electron chi connectivity index (χ4n) is 3.99. The van der Waals surface area contributed by atoms with Gasteiger partial charge in [0.1, 0.15) is 12.4 Å². The number of nitrogens with zero attached hydrogens (tertiary/aromatic N) is 1. The molecule has 0 N–H and O–H groups in total. The van der Waals surface area contributed by atoms with Gasteiger partial charge in [0.15, 0.2) is 0 Å². The summed E-state index contributed by atoms with van der Waals surface area (Å²) in [7, 11) is 1.69. The Morgan fingerprint density at radius 2 is 1.72 bits per heavy atom. The maximum Gasteiger partial charge on any atom is 0.248 e. The van der Waals surface area contributed by atoms with Gasteiger partial charge in [-0.1, -0.05) is 31.4 Å². The second-order valence-electron chi connectivity index (χ2n) is 7.45. The first-order chi connectivity index (χ1) is 12.2. The van der Waals surface area contributed by atoms with Crippen LogP contribution in [0.1, 0.15) is 50.5 Å². The smallest absolute Gasteiger partial charge is 0.248 e. The van der Waals surface area contributed by atoms with E-state index in [0.717, 1.165) is 50.9 Å². The Bertz CT molecular complexity index is 529. The van der Waals surface area contributed by atoms with Crippen LogP contribution < -0.4 is 4.74 Å². The van der Waals surface area contributed by atoms with Crippen molar-refractivity contribution in [2.45, 2.75) is 57.5 Å². The molecule has 0 aromatic heterocycles. The van der Waals surface area contributed by atoms with Crippen molar-refractivity contribution < 1.29 is 14.3 Å². The maximum absolute atomic E-state index is 12.4. The van der Waals surface area contributed by atoms with E-state index in [1.807, 2.05) is 17.0 Å². The van der Waals surface area contributed by atoms with Crippen LogP contribution in [0, 0.1) is 5.92 Å². The summed E-state index contributed by atoms with van der Waals surface area (Å²) in [6.07, 6.45) is 9.62. The standard InChI is InChI=1S/C21H31NO3/c1-24-19-9-7-17(8-10-19)15-18-11-13-22(14-12-18)21(23)16-25-20-5-3-2-4-6-20/h7-10,18,20H,2-6,11-16H2,1H3. The average molecular weight is 345 g/mol. The number of likely N-dealkylation sites (tertiary alicyclic amines) is 1. The van der Waals surface area contributed by atoms with Crippen molar-refractivity contribution in [2.24, 2.45) is 5.92 Å². The highest BCUT2D eigenvalue weighted by atomic mass is 16.5. The van der Waals surface area contributed by atoms with E-state index in [2.05, 4.69) is 12.1 Å². The molecule has 1 saturated carbocycles. The second kappa shape index (κ2) is 9.23.